The number of thiazole rings is 1. The van der Waals surface area contributed by atoms with E-state index in [2.05, 4.69) is 15.6 Å². The van der Waals surface area contributed by atoms with Crippen LogP contribution in [-0.4, -0.2) is 28.6 Å². The number of carboxylic acid groups (broad SMARTS) is 1. The molecule has 2 amide bonds. The van der Waals surface area contributed by atoms with Crippen molar-refractivity contribution >= 4 is 28.5 Å². The summed E-state index contributed by atoms with van der Waals surface area (Å²) in [6.07, 6.45) is 1.71. The molecule has 0 aliphatic rings. The molecule has 1 rings (SSSR count). The van der Waals surface area contributed by atoms with Crippen molar-refractivity contribution in [3.8, 4) is 0 Å². The SMILES string of the molecule is Cc1cnc(NC(=O)NCC(C)CC(=O)O)s1. The summed E-state index contributed by atoms with van der Waals surface area (Å²) in [6, 6.07) is -0.364. The summed E-state index contributed by atoms with van der Waals surface area (Å²) >= 11 is 1.38. The molecule has 6 nitrogen and oxygen atoms in total. The molecule has 0 fully saturated rings. The predicted molar refractivity (Wildman–Crippen MR) is 65.3 cm³/mol. The Kier molecular flexibility index (Phi) is 4.89. The Morgan fingerprint density at radius 3 is 2.82 bits per heavy atom. The molecule has 1 aromatic rings. The van der Waals surface area contributed by atoms with E-state index in [1.165, 1.54) is 11.3 Å². The maximum absolute atomic E-state index is 11.4. The third-order valence-corrected chi connectivity index (χ3v) is 2.80. The van der Waals surface area contributed by atoms with Gasteiger partial charge in [0.05, 0.1) is 0 Å². The lowest BCUT2D eigenvalue weighted by atomic mass is 10.1. The first-order chi connectivity index (χ1) is 7.97. The van der Waals surface area contributed by atoms with Crippen LogP contribution in [0, 0.1) is 12.8 Å². The minimum absolute atomic E-state index is 0.0383. The van der Waals surface area contributed by atoms with Gasteiger partial charge in [0.25, 0.3) is 0 Å². The average Bonchev–Trinajstić information content (AvgIpc) is 2.60. The molecular formula is C10H15N3O3S. The standard InChI is InChI=1S/C10H15N3O3S/c1-6(3-8(14)15)4-11-9(16)13-10-12-5-7(2)17-10/h5-6H,3-4H2,1-2H3,(H,14,15)(H2,11,12,13,16). The zero-order valence-electron chi connectivity index (χ0n) is 9.69. The number of amides is 2. The Labute approximate surface area is 103 Å². The quantitative estimate of drug-likeness (QED) is 0.748. The molecule has 0 spiro atoms. The molecule has 1 unspecified atom stereocenters. The Morgan fingerprint density at radius 2 is 2.29 bits per heavy atom. The van der Waals surface area contributed by atoms with Crippen molar-refractivity contribution in [1.29, 1.82) is 0 Å². The predicted octanol–water partition coefficient (Wildman–Crippen LogP) is 1.68. The van der Waals surface area contributed by atoms with Crippen LogP contribution < -0.4 is 10.6 Å². The van der Waals surface area contributed by atoms with Crippen LogP contribution in [0.2, 0.25) is 0 Å². The second-order valence-corrected chi connectivity index (χ2v) is 5.05. The van der Waals surface area contributed by atoms with Gasteiger partial charge in [-0.25, -0.2) is 9.78 Å². The summed E-state index contributed by atoms with van der Waals surface area (Å²) in [6.45, 7) is 3.99. The zero-order chi connectivity index (χ0) is 12.8. The van der Waals surface area contributed by atoms with Gasteiger partial charge in [-0.15, -0.1) is 11.3 Å². The van der Waals surface area contributed by atoms with E-state index in [1.54, 1.807) is 13.1 Å². The molecule has 0 saturated carbocycles. The number of rotatable bonds is 5. The number of hydrogen-bond acceptors (Lipinski definition) is 4. The fourth-order valence-electron chi connectivity index (χ4n) is 1.19. The van der Waals surface area contributed by atoms with Gasteiger partial charge in [-0.1, -0.05) is 6.92 Å². The lowest BCUT2D eigenvalue weighted by Gasteiger charge is -2.10. The monoisotopic (exact) mass is 257 g/mol. The van der Waals surface area contributed by atoms with Crippen LogP contribution in [0.15, 0.2) is 6.20 Å². The van der Waals surface area contributed by atoms with E-state index in [0.717, 1.165) is 4.88 Å². The summed E-state index contributed by atoms with van der Waals surface area (Å²) in [4.78, 5) is 26.8. The molecule has 0 bridgehead atoms. The summed E-state index contributed by atoms with van der Waals surface area (Å²) in [5.74, 6) is -0.966. The van der Waals surface area contributed by atoms with E-state index in [-0.39, 0.29) is 18.4 Å². The molecule has 0 aromatic carbocycles. The molecule has 1 atom stereocenters. The van der Waals surface area contributed by atoms with Crippen LogP contribution in [0.3, 0.4) is 0 Å². The second kappa shape index (κ2) is 6.19. The van der Waals surface area contributed by atoms with Crippen LogP contribution in [-0.2, 0) is 4.79 Å². The van der Waals surface area contributed by atoms with Crippen molar-refractivity contribution in [2.24, 2.45) is 5.92 Å². The molecule has 0 radical (unpaired) electrons. The normalized spacial score (nSPS) is 11.9. The van der Waals surface area contributed by atoms with Crippen molar-refractivity contribution in [1.82, 2.24) is 10.3 Å². The average molecular weight is 257 g/mol. The highest BCUT2D eigenvalue weighted by molar-refractivity contribution is 7.15. The highest BCUT2D eigenvalue weighted by Gasteiger charge is 2.10. The molecule has 0 aliphatic carbocycles. The summed E-state index contributed by atoms with van der Waals surface area (Å²) in [7, 11) is 0. The van der Waals surface area contributed by atoms with E-state index in [1.807, 2.05) is 6.92 Å². The lowest BCUT2D eigenvalue weighted by molar-refractivity contribution is -0.137. The van der Waals surface area contributed by atoms with Crippen molar-refractivity contribution in [2.75, 3.05) is 11.9 Å². The second-order valence-electron chi connectivity index (χ2n) is 3.81. The number of nitrogens with zero attached hydrogens (tertiary/aromatic N) is 1. The van der Waals surface area contributed by atoms with Crippen molar-refractivity contribution in [3.05, 3.63) is 11.1 Å². The minimum Gasteiger partial charge on any atom is -0.481 e. The Morgan fingerprint density at radius 1 is 1.59 bits per heavy atom. The van der Waals surface area contributed by atoms with Gasteiger partial charge in [0.1, 0.15) is 0 Å². The van der Waals surface area contributed by atoms with Crippen molar-refractivity contribution < 1.29 is 14.7 Å². The highest BCUT2D eigenvalue weighted by Crippen LogP contribution is 2.15. The van der Waals surface area contributed by atoms with Crippen LogP contribution >= 0.6 is 11.3 Å². The van der Waals surface area contributed by atoms with E-state index >= 15 is 0 Å². The number of nitrogens with one attached hydrogen (secondary N) is 2. The molecular weight excluding hydrogens is 242 g/mol. The van der Waals surface area contributed by atoms with Crippen LogP contribution in [0.5, 0.6) is 0 Å². The fraction of sp³-hybridized carbons (Fsp3) is 0.500. The molecule has 0 aliphatic heterocycles. The number of carbonyl (C=O) groups excluding carboxylic acids is 1. The third kappa shape index (κ3) is 5.30. The number of anilines is 1. The molecule has 0 saturated heterocycles. The van der Waals surface area contributed by atoms with Crippen molar-refractivity contribution in [3.63, 3.8) is 0 Å². The molecule has 94 valence electrons. The smallest absolute Gasteiger partial charge is 0.321 e. The Bertz CT molecular complexity index is 405. The zero-order valence-corrected chi connectivity index (χ0v) is 10.5. The van der Waals surface area contributed by atoms with Gasteiger partial charge in [-0.2, -0.15) is 0 Å². The first kappa shape index (κ1) is 13.4. The van der Waals surface area contributed by atoms with Gasteiger partial charge in [-0.05, 0) is 12.8 Å². The van der Waals surface area contributed by atoms with Gasteiger partial charge >= 0.3 is 12.0 Å². The number of aryl methyl sites for hydroxylation is 1. The number of carboxylic acids is 1. The maximum Gasteiger partial charge on any atom is 0.321 e. The number of aliphatic carboxylic acids is 1. The molecule has 17 heavy (non-hydrogen) atoms. The molecule has 1 heterocycles. The van der Waals surface area contributed by atoms with Gasteiger partial charge in [0, 0.05) is 24.0 Å². The van der Waals surface area contributed by atoms with Crippen LogP contribution in [0.4, 0.5) is 9.93 Å². The van der Waals surface area contributed by atoms with Crippen molar-refractivity contribution in [2.45, 2.75) is 20.3 Å². The fourth-order valence-corrected chi connectivity index (χ4v) is 1.85. The molecule has 1 aromatic heterocycles. The topological polar surface area (TPSA) is 91.3 Å². The minimum atomic E-state index is -0.866. The first-order valence-corrected chi connectivity index (χ1v) is 5.98. The molecule has 3 N–H and O–H groups in total. The Balaban J connectivity index is 2.28. The van der Waals surface area contributed by atoms with E-state index in [4.69, 9.17) is 5.11 Å². The highest BCUT2D eigenvalue weighted by atomic mass is 32.1. The first-order valence-electron chi connectivity index (χ1n) is 5.16. The number of hydrogen-bond donors (Lipinski definition) is 3. The van der Waals surface area contributed by atoms with Gasteiger partial charge in [0.15, 0.2) is 5.13 Å². The Hall–Kier alpha value is -1.63. The number of aromatic nitrogens is 1. The van der Waals surface area contributed by atoms with E-state index < -0.39 is 5.97 Å². The summed E-state index contributed by atoms with van der Waals surface area (Å²) in [5.41, 5.74) is 0. The summed E-state index contributed by atoms with van der Waals surface area (Å²) in [5, 5.41) is 14.3. The largest absolute Gasteiger partial charge is 0.481 e. The van der Waals surface area contributed by atoms with E-state index in [9.17, 15) is 9.59 Å². The van der Waals surface area contributed by atoms with E-state index in [0.29, 0.717) is 11.7 Å². The van der Waals surface area contributed by atoms with Gasteiger partial charge in [-0.3, -0.25) is 10.1 Å². The number of carbonyl (C=O) groups is 2. The maximum atomic E-state index is 11.4. The van der Waals surface area contributed by atoms with Crippen LogP contribution in [0.25, 0.3) is 0 Å². The number of urea groups is 1. The molecule has 7 heteroatoms. The lowest BCUT2D eigenvalue weighted by Crippen LogP contribution is -2.32. The summed E-state index contributed by atoms with van der Waals surface area (Å²) < 4.78 is 0. The third-order valence-electron chi connectivity index (χ3n) is 1.98. The van der Waals surface area contributed by atoms with Gasteiger partial charge < -0.3 is 10.4 Å². The van der Waals surface area contributed by atoms with Gasteiger partial charge in [0.2, 0.25) is 0 Å². The van der Waals surface area contributed by atoms with Crippen LogP contribution in [0.1, 0.15) is 18.2 Å².